The van der Waals surface area contributed by atoms with E-state index in [1.165, 1.54) is 30.1 Å². The molecule has 1 aromatic rings. The lowest BCUT2D eigenvalue weighted by Crippen LogP contribution is -2.09. The van der Waals surface area contributed by atoms with Gasteiger partial charge in [0, 0.05) is 17.6 Å². The predicted octanol–water partition coefficient (Wildman–Crippen LogP) is 0.959. The molecule has 0 saturated carbocycles. The van der Waals surface area contributed by atoms with Gasteiger partial charge in [0.15, 0.2) is 5.76 Å². The van der Waals surface area contributed by atoms with Gasteiger partial charge in [0.1, 0.15) is 6.26 Å². The van der Waals surface area contributed by atoms with E-state index >= 15 is 0 Å². The summed E-state index contributed by atoms with van der Waals surface area (Å²) in [5, 5.41) is 1.60. The molecule has 0 bridgehead atoms. The van der Waals surface area contributed by atoms with Gasteiger partial charge in [0.25, 0.3) is 5.91 Å². The van der Waals surface area contributed by atoms with Gasteiger partial charge in [-0.05, 0) is 11.5 Å². The van der Waals surface area contributed by atoms with Gasteiger partial charge in [-0.2, -0.15) is 0 Å². The van der Waals surface area contributed by atoms with Crippen molar-refractivity contribution < 1.29 is 9.21 Å². The number of amides is 1. The third-order valence-electron chi connectivity index (χ3n) is 0.902. The van der Waals surface area contributed by atoms with E-state index in [0.29, 0.717) is 0 Å². The molecular formula is C6H6N2O2S. The van der Waals surface area contributed by atoms with Crippen LogP contribution >= 0.6 is 11.5 Å². The van der Waals surface area contributed by atoms with E-state index in [1.54, 1.807) is 5.38 Å². The minimum Gasteiger partial charge on any atom is -0.458 e. The van der Waals surface area contributed by atoms with Crippen LogP contribution in [0.25, 0.3) is 0 Å². The Morgan fingerprint density at radius 1 is 1.73 bits per heavy atom. The predicted molar refractivity (Wildman–Crippen MR) is 40.5 cm³/mol. The third kappa shape index (κ3) is 2.38. The molecule has 0 aliphatic rings. The summed E-state index contributed by atoms with van der Waals surface area (Å²) in [5.41, 5.74) is 4.95. The summed E-state index contributed by atoms with van der Waals surface area (Å²) in [6.07, 6.45) is 2.81. The maximum atomic E-state index is 10.5. The molecule has 0 radical (unpaired) electrons. The normalized spacial score (nSPS) is 8.73. The first kappa shape index (κ1) is 7.74. The lowest BCUT2D eigenvalue weighted by Gasteiger charge is -1.87. The number of hydrogen-bond acceptors (Lipinski definition) is 4. The average Bonchev–Trinajstić information content (AvgIpc) is 1.84. The van der Waals surface area contributed by atoms with E-state index in [1.807, 2.05) is 0 Å². The number of primary amides is 1. The number of carbonyl (C=O) groups is 1. The molecule has 0 aromatic carbocycles. The molecule has 0 atom stereocenters. The average molecular weight is 170 g/mol. The minimum atomic E-state index is -0.604. The molecule has 0 fully saturated rings. The number of hydrogen-bond donors (Lipinski definition) is 1. The summed E-state index contributed by atoms with van der Waals surface area (Å²) in [5.74, 6) is -0.515. The Morgan fingerprint density at radius 2 is 2.55 bits per heavy atom. The number of carbonyl (C=O) groups excluding carboxylic acids is 1. The Labute approximate surface area is 67.1 Å². The lowest BCUT2D eigenvalue weighted by atomic mass is 10.4. The highest BCUT2D eigenvalue weighted by atomic mass is 32.1. The summed E-state index contributed by atoms with van der Waals surface area (Å²) in [6.45, 7) is 0. The summed E-state index contributed by atoms with van der Waals surface area (Å²) >= 11 is 1.21. The number of nitrogens with two attached hydrogens (primary N) is 1. The third-order valence-corrected chi connectivity index (χ3v) is 1.38. The van der Waals surface area contributed by atoms with Crippen molar-refractivity contribution in [1.29, 1.82) is 0 Å². The van der Waals surface area contributed by atoms with Crippen LogP contribution in [-0.2, 0) is 0 Å². The molecule has 1 aromatic heterocycles. The fourth-order valence-corrected chi connectivity index (χ4v) is 0.780. The molecular weight excluding hydrogens is 164 g/mol. The maximum Gasteiger partial charge on any atom is 0.284 e. The van der Waals surface area contributed by atoms with E-state index in [4.69, 9.17) is 10.2 Å². The Balaban J connectivity index is 3.12. The number of nitrogens with zero attached hydrogens (tertiary/aromatic N) is 1. The first-order valence-corrected chi connectivity index (χ1v) is 3.65. The zero-order valence-corrected chi connectivity index (χ0v) is 6.38. The molecule has 4 nitrogen and oxygen atoms in total. The fourth-order valence-electron chi connectivity index (χ4n) is 0.474. The van der Waals surface area contributed by atoms with Gasteiger partial charge in [0.2, 0.25) is 0 Å². The zero-order chi connectivity index (χ0) is 8.10. The Kier molecular flexibility index (Phi) is 2.62. The Hall–Kier alpha value is -1.36. The van der Waals surface area contributed by atoms with Crippen LogP contribution in [0.2, 0.25) is 0 Å². The highest BCUT2D eigenvalue weighted by Crippen LogP contribution is 1.93. The zero-order valence-electron chi connectivity index (χ0n) is 5.56. The molecule has 11 heavy (non-hydrogen) atoms. The Bertz CT molecular complexity index is 271. The molecule has 0 spiro atoms. The van der Waals surface area contributed by atoms with Crippen molar-refractivity contribution in [3.8, 4) is 0 Å². The first-order chi connectivity index (χ1) is 5.30. The van der Waals surface area contributed by atoms with Gasteiger partial charge in [-0.15, -0.1) is 0 Å². The molecule has 0 unspecified atom stereocenters. The van der Waals surface area contributed by atoms with Crippen molar-refractivity contribution in [2.24, 2.45) is 5.73 Å². The van der Waals surface area contributed by atoms with Crippen LogP contribution in [0.4, 0.5) is 0 Å². The summed E-state index contributed by atoms with van der Waals surface area (Å²) < 4.78 is 8.64. The maximum absolute atomic E-state index is 10.5. The van der Waals surface area contributed by atoms with Crippen LogP contribution in [-0.4, -0.2) is 10.3 Å². The van der Waals surface area contributed by atoms with Crippen LogP contribution < -0.4 is 5.73 Å². The largest absolute Gasteiger partial charge is 0.458 e. The van der Waals surface area contributed by atoms with Gasteiger partial charge in [-0.3, -0.25) is 4.79 Å². The van der Waals surface area contributed by atoms with E-state index in [0.717, 1.165) is 0 Å². The highest BCUT2D eigenvalue weighted by Gasteiger charge is 1.97. The number of rotatable bonds is 1. The van der Waals surface area contributed by atoms with Crippen LogP contribution in [0.3, 0.4) is 0 Å². The molecule has 2 N–H and O–H groups in total. The molecule has 0 aliphatic heterocycles. The summed E-state index contributed by atoms with van der Waals surface area (Å²) in [7, 11) is 0. The van der Waals surface area contributed by atoms with Crippen molar-refractivity contribution in [3.63, 3.8) is 0 Å². The van der Waals surface area contributed by atoms with Crippen LogP contribution in [0.15, 0.2) is 28.3 Å². The van der Waals surface area contributed by atoms with Crippen molar-refractivity contribution in [1.82, 2.24) is 4.37 Å². The molecule has 1 rings (SSSR count). The van der Waals surface area contributed by atoms with Gasteiger partial charge < -0.3 is 10.2 Å². The van der Waals surface area contributed by atoms with Crippen molar-refractivity contribution in [2.75, 3.05) is 0 Å². The minimum absolute atomic E-state index is 0.0882. The van der Waals surface area contributed by atoms with Gasteiger partial charge >= 0.3 is 0 Å². The van der Waals surface area contributed by atoms with E-state index in [-0.39, 0.29) is 5.76 Å². The second-order valence-electron chi connectivity index (χ2n) is 1.65. The van der Waals surface area contributed by atoms with Crippen molar-refractivity contribution in [2.45, 2.75) is 0 Å². The van der Waals surface area contributed by atoms with Crippen molar-refractivity contribution in [3.05, 3.63) is 29.7 Å². The van der Waals surface area contributed by atoms with Crippen molar-refractivity contribution >= 4 is 17.4 Å². The SMILES string of the molecule is NC(=O)c1ccnscco1. The summed E-state index contributed by atoms with van der Waals surface area (Å²) in [6, 6.07) is 1.42. The van der Waals surface area contributed by atoms with Crippen LogP contribution in [0, 0.1) is 0 Å². The van der Waals surface area contributed by atoms with Crippen LogP contribution in [0.1, 0.15) is 10.6 Å². The molecule has 5 heteroatoms. The quantitative estimate of drug-likeness (QED) is 0.682. The smallest absolute Gasteiger partial charge is 0.284 e. The molecule has 1 amide bonds. The standard InChI is InChI=1S/C6H6N2O2S/c7-6(9)5-1-2-8-11-4-3-10-5/h1-4H,(H2,7,9). The molecule has 0 aliphatic carbocycles. The fraction of sp³-hybridized carbons (Fsp3) is 0. The Morgan fingerprint density at radius 3 is 3.27 bits per heavy atom. The van der Waals surface area contributed by atoms with E-state index in [9.17, 15) is 4.79 Å². The van der Waals surface area contributed by atoms with E-state index < -0.39 is 5.91 Å². The second kappa shape index (κ2) is 3.72. The van der Waals surface area contributed by atoms with Crippen LogP contribution in [0.5, 0.6) is 0 Å². The van der Waals surface area contributed by atoms with Gasteiger partial charge in [-0.1, -0.05) is 0 Å². The molecule has 0 saturated heterocycles. The highest BCUT2D eigenvalue weighted by molar-refractivity contribution is 7.03. The molecule has 1 heterocycles. The molecule has 58 valence electrons. The van der Waals surface area contributed by atoms with E-state index in [2.05, 4.69) is 4.37 Å². The number of aromatic nitrogens is 1. The first-order valence-electron chi connectivity index (χ1n) is 2.81. The van der Waals surface area contributed by atoms with Gasteiger partial charge in [0.05, 0.1) is 0 Å². The monoisotopic (exact) mass is 170 g/mol. The lowest BCUT2D eigenvalue weighted by molar-refractivity contribution is 0.0972. The van der Waals surface area contributed by atoms with Gasteiger partial charge in [-0.25, -0.2) is 4.37 Å². The second-order valence-corrected chi connectivity index (χ2v) is 2.34. The summed E-state index contributed by atoms with van der Waals surface area (Å²) in [4.78, 5) is 10.5. The topological polar surface area (TPSA) is 69.1 Å².